The summed E-state index contributed by atoms with van der Waals surface area (Å²) in [5.41, 5.74) is 1.07. The Labute approximate surface area is 159 Å². The standard InChI is InChI=1S/C19H18FN3O3S/c1-12-17(23-19(27-12)15-3-2-10-26-15)18(25)22-9-8-21-16(24)11-13-4-6-14(20)7-5-13/h2-7,10H,8-9,11H2,1H3,(H,21,24)(H,22,25). The van der Waals surface area contributed by atoms with Crippen molar-refractivity contribution in [2.45, 2.75) is 13.3 Å². The van der Waals surface area contributed by atoms with Crippen molar-refractivity contribution in [3.63, 3.8) is 0 Å². The average Bonchev–Trinajstić information content (AvgIpc) is 3.30. The normalized spacial score (nSPS) is 10.6. The first kappa shape index (κ1) is 18.8. The number of aromatic nitrogens is 1. The Morgan fingerprint density at radius 3 is 2.59 bits per heavy atom. The van der Waals surface area contributed by atoms with Crippen LogP contribution in [0.5, 0.6) is 0 Å². The molecular weight excluding hydrogens is 369 g/mol. The molecule has 0 fully saturated rings. The number of hydrogen-bond acceptors (Lipinski definition) is 5. The lowest BCUT2D eigenvalue weighted by Crippen LogP contribution is -2.35. The highest BCUT2D eigenvalue weighted by molar-refractivity contribution is 7.15. The van der Waals surface area contributed by atoms with E-state index in [2.05, 4.69) is 15.6 Å². The first-order valence-corrected chi connectivity index (χ1v) is 9.15. The van der Waals surface area contributed by atoms with E-state index in [0.29, 0.717) is 23.0 Å². The van der Waals surface area contributed by atoms with Crippen molar-refractivity contribution in [1.82, 2.24) is 15.6 Å². The Balaban J connectivity index is 1.44. The van der Waals surface area contributed by atoms with Crippen LogP contribution < -0.4 is 10.6 Å². The van der Waals surface area contributed by atoms with Crippen molar-refractivity contribution in [2.24, 2.45) is 0 Å². The Morgan fingerprint density at radius 1 is 1.15 bits per heavy atom. The number of nitrogens with one attached hydrogen (secondary N) is 2. The number of carbonyl (C=O) groups excluding carboxylic acids is 2. The second-order valence-corrected chi connectivity index (χ2v) is 7.01. The van der Waals surface area contributed by atoms with E-state index in [0.717, 1.165) is 10.4 Å². The maximum atomic E-state index is 12.8. The lowest BCUT2D eigenvalue weighted by atomic mass is 10.1. The van der Waals surface area contributed by atoms with Crippen molar-refractivity contribution >= 4 is 23.2 Å². The minimum absolute atomic E-state index is 0.159. The van der Waals surface area contributed by atoms with Crippen molar-refractivity contribution in [3.05, 3.63) is 64.6 Å². The second kappa shape index (κ2) is 8.59. The lowest BCUT2D eigenvalue weighted by molar-refractivity contribution is -0.120. The molecule has 0 aliphatic carbocycles. The van der Waals surface area contributed by atoms with Gasteiger partial charge in [-0.3, -0.25) is 9.59 Å². The largest absolute Gasteiger partial charge is 0.462 e. The van der Waals surface area contributed by atoms with Gasteiger partial charge >= 0.3 is 0 Å². The topological polar surface area (TPSA) is 84.2 Å². The van der Waals surface area contributed by atoms with Crippen LogP contribution in [-0.4, -0.2) is 29.9 Å². The van der Waals surface area contributed by atoms with Crippen molar-refractivity contribution in [2.75, 3.05) is 13.1 Å². The minimum Gasteiger partial charge on any atom is -0.462 e. The van der Waals surface area contributed by atoms with Gasteiger partial charge in [-0.15, -0.1) is 11.3 Å². The van der Waals surface area contributed by atoms with Crippen LogP contribution in [-0.2, 0) is 11.2 Å². The molecule has 2 aromatic heterocycles. The number of aryl methyl sites for hydroxylation is 1. The monoisotopic (exact) mass is 387 g/mol. The molecule has 3 aromatic rings. The maximum Gasteiger partial charge on any atom is 0.271 e. The molecule has 0 unspecified atom stereocenters. The molecule has 0 saturated carbocycles. The van der Waals surface area contributed by atoms with Crippen molar-refractivity contribution in [3.8, 4) is 10.8 Å². The summed E-state index contributed by atoms with van der Waals surface area (Å²) in [7, 11) is 0. The average molecular weight is 387 g/mol. The van der Waals surface area contributed by atoms with E-state index in [1.165, 1.54) is 23.5 Å². The molecule has 140 valence electrons. The molecule has 2 N–H and O–H groups in total. The number of rotatable bonds is 7. The summed E-state index contributed by atoms with van der Waals surface area (Å²) in [6.07, 6.45) is 1.71. The summed E-state index contributed by atoms with van der Waals surface area (Å²) in [5, 5.41) is 6.10. The number of hydrogen-bond donors (Lipinski definition) is 2. The molecule has 0 aliphatic heterocycles. The third-order valence-corrected chi connectivity index (χ3v) is 4.74. The Hall–Kier alpha value is -3.00. The van der Waals surface area contributed by atoms with E-state index in [1.54, 1.807) is 30.5 Å². The zero-order valence-corrected chi connectivity index (χ0v) is 15.4. The van der Waals surface area contributed by atoms with Crippen molar-refractivity contribution < 1.29 is 18.4 Å². The number of amides is 2. The van der Waals surface area contributed by atoms with E-state index in [1.807, 2.05) is 6.92 Å². The molecule has 27 heavy (non-hydrogen) atoms. The summed E-state index contributed by atoms with van der Waals surface area (Å²) < 4.78 is 18.1. The van der Waals surface area contributed by atoms with Crippen molar-refractivity contribution in [1.29, 1.82) is 0 Å². The second-order valence-electron chi connectivity index (χ2n) is 5.81. The predicted molar refractivity (Wildman–Crippen MR) is 100.0 cm³/mol. The van der Waals surface area contributed by atoms with Gasteiger partial charge in [0, 0.05) is 18.0 Å². The van der Waals surface area contributed by atoms with E-state index < -0.39 is 0 Å². The van der Waals surface area contributed by atoms with Gasteiger partial charge in [0.2, 0.25) is 5.91 Å². The minimum atomic E-state index is -0.339. The number of carbonyl (C=O) groups is 2. The van der Waals surface area contributed by atoms with Crippen LogP contribution in [0, 0.1) is 12.7 Å². The Morgan fingerprint density at radius 2 is 1.89 bits per heavy atom. The number of thiazole rings is 1. The van der Waals surface area contributed by atoms with Gasteiger partial charge in [0.05, 0.1) is 12.7 Å². The van der Waals surface area contributed by atoms with E-state index >= 15 is 0 Å². The van der Waals surface area contributed by atoms with E-state index in [9.17, 15) is 14.0 Å². The molecule has 2 amide bonds. The van der Waals surface area contributed by atoms with Gasteiger partial charge in [0.25, 0.3) is 5.91 Å². The third-order valence-electron chi connectivity index (χ3n) is 3.75. The fourth-order valence-corrected chi connectivity index (χ4v) is 3.30. The molecule has 0 saturated heterocycles. The SMILES string of the molecule is Cc1sc(-c2ccco2)nc1C(=O)NCCNC(=O)Cc1ccc(F)cc1. The lowest BCUT2D eigenvalue weighted by Gasteiger charge is -2.07. The van der Waals surface area contributed by atoms with Gasteiger partial charge in [-0.25, -0.2) is 9.37 Å². The number of nitrogens with zero attached hydrogens (tertiary/aromatic N) is 1. The van der Waals surface area contributed by atoms with Crippen LogP contribution in [0.4, 0.5) is 4.39 Å². The summed E-state index contributed by atoms with van der Waals surface area (Å²) in [5.74, 6) is -0.209. The molecule has 8 heteroatoms. The van der Waals surface area contributed by atoms with Gasteiger partial charge in [-0.1, -0.05) is 12.1 Å². The molecule has 3 rings (SSSR count). The first-order valence-electron chi connectivity index (χ1n) is 8.33. The maximum absolute atomic E-state index is 12.8. The van der Waals surface area contributed by atoms with Crippen LogP contribution in [0.2, 0.25) is 0 Å². The summed E-state index contributed by atoms with van der Waals surface area (Å²) >= 11 is 1.38. The zero-order valence-electron chi connectivity index (χ0n) is 14.6. The Kier molecular flexibility index (Phi) is 5.97. The molecule has 0 radical (unpaired) electrons. The van der Waals surface area contributed by atoms with Crippen LogP contribution in [0.25, 0.3) is 10.8 Å². The molecule has 0 spiro atoms. The highest BCUT2D eigenvalue weighted by atomic mass is 32.1. The Bertz CT molecular complexity index is 920. The molecule has 0 atom stereocenters. The molecule has 0 bridgehead atoms. The molecule has 0 aliphatic rings. The van der Waals surface area contributed by atoms with Crippen LogP contribution >= 0.6 is 11.3 Å². The quantitative estimate of drug-likeness (QED) is 0.611. The highest BCUT2D eigenvalue weighted by Crippen LogP contribution is 2.27. The third kappa shape index (κ3) is 5.01. The molecule has 2 heterocycles. The molecule has 1 aromatic carbocycles. The van der Waals surface area contributed by atoms with E-state index in [4.69, 9.17) is 4.42 Å². The smallest absolute Gasteiger partial charge is 0.271 e. The van der Waals surface area contributed by atoms with Crippen LogP contribution in [0.3, 0.4) is 0 Å². The van der Waals surface area contributed by atoms with E-state index in [-0.39, 0.29) is 30.6 Å². The summed E-state index contributed by atoms with van der Waals surface area (Å²) in [6, 6.07) is 9.32. The number of furan rings is 1. The zero-order chi connectivity index (χ0) is 19.2. The van der Waals surface area contributed by atoms with Gasteiger partial charge < -0.3 is 15.1 Å². The van der Waals surface area contributed by atoms with Crippen LogP contribution in [0.15, 0.2) is 47.1 Å². The predicted octanol–water partition coefficient (Wildman–Crippen LogP) is 2.94. The summed E-state index contributed by atoms with van der Waals surface area (Å²) in [4.78, 5) is 29.2. The number of halogens is 1. The van der Waals surface area contributed by atoms with Gasteiger partial charge in [0.1, 0.15) is 11.5 Å². The summed E-state index contributed by atoms with van der Waals surface area (Å²) in [6.45, 7) is 2.39. The fraction of sp³-hybridized carbons (Fsp3) is 0.211. The van der Waals surface area contributed by atoms with Gasteiger partial charge in [-0.05, 0) is 36.8 Å². The number of benzene rings is 1. The van der Waals surface area contributed by atoms with Gasteiger partial charge in [-0.2, -0.15) is 0 Å². The van der Waals surface area contributed by atoms with Crippen LogP contribution in [0.1, 0.15) is 20.9 Å². The molecular formula is C19H18FN3O3S. The fourth-order valence-electron chi connectivity index (χ4n) is 2.42. The first-order chi connectivity index (χ1) is 13.0. The highest BCUT2D eigenvalue weighted by Gasteiger charge is 2.17. The van der Waals surface area contributed by atoms with Gasteiger partial charge in [0.15, 0.2) is 10.8 Å². The molecule has 6 nitrogen and oxygen atoms in total.